The summed E-state index contributed by atoms with van der Waals surface area (Å²) >= 11 is 0. The van der Waals surface area contributed by atoms with Crippen molar-refractivity contribution in [3.8, 4) is 0 Å². The SMILES string of the molecule is CCOC(=O)c1ccc(NC(=O)c2ccnc(NCC3CCCO3)c2)cc1. The number of aromatic nitrogens is 1. The van der Waals surface area contributed by atoms with Crippen molar-refractivity contribution in [3.63, 3.8) is 0 Å². The summed E-state index contributed by atoms with van der Waals surface area (Å²) in [5.74, 6) is 0.00345. The van der Waals surface area contributed by atoms with E-state index in [2.05, 4.69) is 15.6 Å². The van der Waals surface area contributed by atoms with Gasteiger partial charge in [-0.15, -0.1) is 0 Å². The van der Waals surface area contributed by atoms with Gasteiger partial charge in [-0.05, 0) is 56.2 Å². The van der Waals surface area contributed by atoms with Crippen molar-refractivity contribution in [3.05, 3.63) is 53.7 Å². The van der Waals surface area contributed by atoms with Crippen LogP contribution in [0.3, 0.4) is 0 Å². The van der Waals surface area contributed by atoms with Crippen LogP contribution in [-0.2, 0) is 9.47 Å². The monoisotopic (exact) mass is 369 g/mol. The largest absolute Gasteiger partial charge is 0.462 e. The first-order valence-corrected chi connectivity index (χ1v) is 9.06. The number of pyridine rings is 1. The van der Waals surface area contributed by atoms with E-state index in [1.807, 2.05) is 0 Å². The predicted octanol–water partition coefficient (Wildman–Crippen LogP) is 3.10. The highest BCUT2D eigenvalue weighted by Gasteiger charge is 2.15. The van der Waals surface area contributed by atoms with E-state index < -0.39 is 0 Å². The van der Waals surface area contributed by atoms with Crippen LogP contribution in [0.1, 0.15) is 40.5 Å². The molecule has 1 aliphatic rings. The maximum Gasteiger partial charge on any atom is 0.338 e. The summed E-state index contributed by atoms with van der Waals surface area (Å²) in [5.41, 5.74) is 1.53. The first kappa shape index (κ1) is 18.8. The molecule has 142 valence electrons. The number of esters is 1. The quantitative estimate of drug-likeness (QED) is 0.729. The highest BCUT2D eigenvalue weighted by molar-refractivity contribution is 6.04. The van der Waals surface area contributed by atoms with Crippen molar-refractivity contribution in [2.45, 2.75) is 25.9 Å². The molecule has 2 N–H and O–H groups in total. The van der Waals surface area contributed by atoms with E-state index in [9.17, 15) is 9.59 Å². The number of anilines is 2. The van der Waals surface area contributed by atoms with Crippen molar-refractivity contribution in [1.82, 2.24) is 4.98 Å². The second kappa shape index (κ2) is 9.14. The maximum atomic E-state index is 12.5. The Labute approximate surface area is 158 Å². The van der Waals surface area contributed by atoms with Gasteiger partial charge in [0, 0.05) is 30.6 Å². The molecule has 1 amide bonds. The van der Waals surface area contributed by atoms with E-state index in [-0.39, 0.29) is 18.0 Å². The molecular formula is C20H23N3O4. The molecule has 3 rings (SSSR count). The third kappa shape index (κ3) is 5.27. The van der Waals surface area contributed by atoms with Gasteiger partial charge in [0.25, 0.3) is 5.91 Å². The Morgan fingerprint density at radius 1 is 1.22 bits per heavy atom. The molecule has 0 spiro atoms. The Kier molecular flexibility index (Phi) is 6.38. The lowest BCUT2D eigenvalue weighted by Crippen LogP contribution is -2.19. The predicted molar refractivity (Wildman–Crippen MR) is 102 cm³/mol. The van der Waals surface area contributed by atoms with Crippen LogP contribution in [0.2, 0.25) is 0 Å². The molecule has 0 saturated carbocycles. The van der Waals surface area contributed by atoms with Gasteiger partial charge in [-0.1, -0.05) is 0 Å². The van der Waals surface area contributed by atoms with Gasteiger partial charge in [0.2, 0.25) is 0 Å². The molecule has 0 radical (unpaired) electrons. The molecule has 1 unspecified atom stereocenters. The number of carbonyl (C=O) groups excluding carboxylic acids is 2. The molecule has 1 aromatic carbocycles. The molecular weight excluding hydrogens is 346 g/mol. The second-order valence-corrected chi connectivity index (χ2v) is 6.20. The number of rotatable bonds is 7. The van der Waals surface area contributed by atoms with E-state index in [1.165, 1.54) is 0 Å². The third-order valence-electron chi connectivity index (χ3n) is 4.21. The van der Waals surface area contributed by atoms with Gasteiger partial charge in [-0.3, -0.25) is 4.79 Å². The molecule has 7 nitrogen and oxygen atoms in total. The van der Waals surface area contributed by atoms with Crippen molar-refractivity contribution >= 4 is 23.4 Å². The summed E-state index contributed by atoms with van der Waals surface area (Å²) in [4.78, 5) is 28.4. The van der Waals surface area contributed by atoms with Crippen LogP contribution in [0.5, 0.6) is 0 Å². The van der Waals surface area contributed by atoms with Crippen LogP contribution in [0, 0.1) is 0 Å². The fraction of sp³-hybridized carbons (Fsp3) is 0.350. The highest BCUT2D eigenvalue weighted by atomic mass is 16.5. The number of amides is 1. The maximum absolute atomic E-state index is 12.5. The smallest absolute Gasteiger partial charge is 0.338 e. The van der Waals surface area contributed by atoms with Gasteiger partial charge in [-0.2, -0.15) is 0 Å². The van der Waals surface area contributed by atoms with Crippen molar-refractivity contribution in [1.29, 1.82) is 0 Å². The first-order chi connectivity index (χ1) is 13.2. The summed E-state index contributed by atoms with van der Waals surface area (Å²) in [6.45, 7) is 3.55. The lowest BCUT2D eigenvalue weighted by atomic mass is 10.2. The fourth-order valence-corrected chi connectivity index (χ4v) is 2.80. The van der Waals surface area contributed by atoms with E-state index in [4.69, 9.17) is 9.47 Å². The zero-order valence-corrected chi connectivity index (χ0v) is 15.2. The Bertz CT molecular complexity index is 786. The van der Waals surface area contributed by atoms with Crippen LogP contribution in [0.25, 0.3) is 0 Å². The molecule has 1 saturated heterocycles. The van der Waals surface area contributed by atoms with Crippen molar-refractivity contribution < 1.29 is 19.1 Å². The zero-order valence-electron chi connectivity index (χ0n) is 15.2. The number of ether oxygens (including phenoxy) is 2. The normalized spacial score (nSPS) is 16.0. The minimum absolute atomic E-state index is 0.196. The first-order valence-electron chi connectivity index (χ1n) is 9.06. The average Bonchev–Trinajstić information content (AvgIpc) is 3.21. The average molecular weight is 369 g/mol. The van der Waals surface area contributed by atoms with E-state index >= 15 is 0 Å². The Balaban J connectivity index is 1.58. The summed E-state index contributed by atoms with van der Waals surface area (Å²) in [6, 6.07) is 9.93. The molecule has 2 heterocycles. The molecule has 0 aliphatic carbocycles. The van der Waals surface area contributed by atoms with E-state index in [0.29, 0.717) is 35.8 Å². The summed E-state index contributed by atoms with van der Waals surface area (Å²) in [5, 5.41) is 6.02. The minimum Gasteiger partial charge on any atom is -0.462 e. The lowest BCUT2D eigenvalue weighted by Gasteiger charge is -2.12. The Hall–Kier alpha value is -2.93. The fourth-order valence-electron chi connectivity index (χ4n) is 2.80. The Morgan fingerprint density at radius 2 is 2.04 bits per heavy atom. The van der Waals surface area contributed by atoms with Crippen LogP contribution in [0.15, 0.2) is 42.6 Å². The lowest BCUT2D eigenvalue weighted by molar-refractivity contribution is 0.0526. The van der Waals surface area contributed by atoms with Gasteiger partial charge >= 0.3 is 5.97 Å². The third-order valence-corrected chi connectivity index (χ3v) is 4.21. The number of hydrogen-bond donors (Lipinski definition) is 2. The summed E-state index contributed by atoms with van der Waals surface area (Å²) in [6.07, 6.45) is 3.91. The molecule has 0 bridgehead atoms. The van der Waals surface area contributed by atoms with Gasteiger partial charge in [0.05, 0.1) is 18.3 Å². The molecule has 2 aromatic rings. The van der Waals surface area contributed by atoms with Gasteiger partial charge in [-0.25, -0.2) is 9.78 Å². The minimum atomic E-state index is -0.383. The number of benzene rings is 1. The Morgan fingerprint density at radius 3 is 2.74 bits per heavy atom. The van der Waals surface area contributed by atoms with Crippen molar-refractivity contribution in [2.24, 2.45) is 0 Å². The van der Waals surface area contributed by atoms with Gasteiger partial charge < -0.3 is 20.1 Å². The topological polar surface area (TPSA) is 89.5 Å². The van der Waals surface area contributed by atoms with Crippen molar-refractivity contribution in [2.75, 3.05) is 30.4 Å². The molecule has 1 atom stereocenters. The second-order valence-electron chi connectivity index (χ2n) is 6.20. The number of hydrogen-bond acceptors (Lipinski definition) is 6. The van der Waals surface area contributed by atoms with Crippen LogP contribution < -0.4 is 10.6 Å². The zero-order chi connectivity index (χ0) is 19.1. The highest BCUT2D eigenvalue weighted by Crippen LogP contribution is 2.15. The summed E-state index contributed by atoms with van der Waals surface area (Å²) < 4.78 is 10.5. The van der Waals surface area contributed by atoms with Crippen LogP contribution >= 0.6 is 0 Å². The van der Waals surface area contributed by atoms with Gasteiger partial charge in [0.15, 0.2) is 0 Å². The molecule has 7 heteroatoms. The van der Waals surface area contributed by atoms with Crippen LogP contribution in [0.4, 0.5) is 11.5 Å². The molecule has 1 fully saturated rings. The van der Waals surface area contributed by atoms with E-state index in [0.717, 1.165) is 19.4 Å². The number of nitrogens with one attached hydrogen (secondary N) is 2. The van der Waals surface area contributed by atoms with Gasteiger partial charge in [0.1, 0.15) is 5.82 Å². The molecule has 1 aromatic heterocycles. The number of carbonyl (C=O) groups is 2. The molecule has 27 heavy (non-hydrogen) atoms. The van der Waals surface area contributed by atoms with Crippen LogP contribution in [-0.4, -0.2) is 42.7 Å². The molecule has 1 aliphatic heterocycles. The standard InChI is InChI=1S/C20H23N3O4/c1-2-26-20(25)14-5-7-16(8-6-14)23-19(24)15-9-10-21-18(12-15)22-13-17-4-3-11-27-17/h5-10,12,17H,2-4,11,13H2,1H3,(H,21,22)(H,23,24). The summed E-state index contributed by atoms with van der Waals surface area (Å²) in [7, 11) is 0. The number of nitrogens with zero attached hydrogens (tertiary/aromatic N) is 1. The van der Waals surface area contributed by atoms with E-state index in [1.54, 1.807) is 49.5 Å².